The third-order valence-corrected chi connectivity index (χ3v) is 3.39. The summed E-state index contributed by atoms with van der Waals surface area (Å²) in [5, 5.41) is 3.51. The lowest BCUT2D eigenvalue weighted by atomic mass is 10.0. The topological polar surface area (TPSA) is 41.6 Å². The van der Waals surface area contributed by atoms with Gasteiger partial charge in [0.2, 0.25) is 5.91 Å². The van der Waals surface area contributed by atoms with Crippen molar-refractivity contribution >= 4 is 5.91 Å². The van der Waals surface area contributed by atoms with Gasteiger partial charge in [0.25, 0.3) is 0 Å². The summed E-state index contributed by atoms with van der Waals surface area (Å²) in [6.07, 6.45) is 6.37. The number of carbonyl (C=O) groups is 1. The van der Waals surface area contributed by atoms with E-state index in [1.165, 1.54) is 19.3 Å². The Balaban J connectivity index is 2.10. The lowest BCUT2D eigenvalue weighted by molar-refractivity contribution is -0.130. The molecule has 0 aromatic rings. The van der Waals surface area contributed by atoms with Gasteiger partial charge < -0.3 is 15.0 Å². The standard InChI is InChI=1S/C13H26N2O2/c1-15(13(16)7-5-11-17-2)10-8-12-6-3-4-9-14-12/h12,14H,3-11H2,1-2H3. The highest BCUT2D eigenvalue weighted by molar-refractivity contribution is 5.75. The molecule has 4 heteroatoms. The van der Waals surface area contributed by atoms with Crippen molar-refractivity contribution in [1.29, 1.82) is 0 Å². The molecule has 4 nitrogen and oxygen atoms in total. The Labute approximate surface area is 105 Å². The first kappa shape index (κ1) is 14.5. The predicted octanol–water partition coefficient (Wildman–Crippen LogP) is 1.40. The molecule has 1 rings (SSSR count). The highest BCUT2D eigenvalue weighted by Crippen LogP contribution is 2.10. The second kappa shape index (κ2) is 8.48. The van der Waals surface area contributed by atoms with Crippen LogP contribution < -0.4 is 5.32 Å². The van der Waals surface area contributed by atoms with Gasteiger partial charge in [0, 0.05) is 39.8 Å². The number of nitrogens with one attached hydrogen (secondary N) is 1. The fourth-order valence-corrected chi connectivity index (χ4v) is 2.20. The van der Waals surface area contributed by atoms with Gasteiger partial charge in [-0.3, -0.25) is 4.79 Å². The van der Waals surface area contributed by atoms with Crippen molar-refractivity contribution in [2.45, 2.75) is 44.6 Å². The Morgan fingerprint density at radius 2 is 2.29 bits per heavy atom. The maximum atomic E-state index is 11.7. The van der Waals surface area contributed by atoms with Gasteiger partial charge in [-0.05, 0) is 32.2 Å². The molecule has 100 valence electrons. The monoisotopic (exact) mass is 242 g/mol. The lowest BCUT2D eigenvalue weighted by Crippen LogP contribution is -2.38. The van der Waals surface area contributed by atoms with E-state index in [0.29, 0.717) is 19.1 Å². The van der Waals surface area contributed by atoms with Gasteiger partial charge in [0.15, 0.2) is 0 Å². The minimum atomic E-state index is 0.234. The van der Waals surface area contributed by atoms with Crippen molar-refractivity contribution in [3.8, 4) is 0 Å². The van der Waals surface area contributed by atoms with Crippen molar-refractivity contribution in [2.75, 3.05) is 33.9 Å². The van der Waals surface area contributed by atoms with E-state index in [1.807, 2.05) is 11.9 Å². The number of carbonyl (C=O) groups excluding carboxylic acids is 1. The molecule has 1 heterocycles. The van der Waals surface area contributed by atoms with E-state index in [-0.39, 0.29) is 5.91 Å². The van der Waals surface area contributed by atoms with Gasteiger partial charge >= 0.3 is 0 Å². The van der Waals surface area contributed by atoms with Crippen LogP contribution in [0.4, 0.5) is 0 Å². The number of nitrogens with zero attached hydrogens (tertiary/aromatic N) is 1. The zero-order valence-corrected chi connectivity index (χ0v) is 11.2. The van der Waals surface area contributed by atoms with Crippen molar-refractivity contribution in [3.63, 3.8) is 0 Å². The van der Waals surface area contributed by atoms with E-state index in [0.717, 1.165) is 25.9 Å². The number of ether oxygens (including phenoxy) is 1. The number of piperidine rings is 1. The zero-order chi connectivity index (χ0) is 12.5. The van der Waals surface area contributed by atoms with Crippen LogP contribution in [0, 0.1) is 0 Å². The molecule has 1 fully saturated rings. The number of rotatable bonds is 7. The molecule has 0 aromatic heterocycles. The molecule has 0 spiro atoms. The first-order valence-corrected chi connectivity index (χ1v) is 6.70. The van der Waals surface area contributed by atoms with Crippen LogP contribution in [0.2, 0.25) is 0 Å². The molecule has 0 bridgehead atoms. The Hall–Kier alpha value is -0.610. The molecule has 1 atom stereocenters. The van der Waals surface area contributed by atoms with Gasteiger partial charge in [-0.25, -0.2) is 0 Å². The summed E-state index contributed by atoms with van der Waals surface area (Å²) < 4.78 is 4.95. The summed E-state index contributed by atoms with van der Waals surface area (Å²) in [6.45, 7) is 2.67. The summed E-state index contributed by atoms with van der Waals surface area (Å²) in [6, 6.07) is 0.609. The van der Waals surface area contributed by atoms with Gasteiger partial charge in [-0.15, -0.1) is 0 Å². The van der Waals surface area contributed by atoms with Crippen molar-refractivity contribution in [3.05, 3.63) is 0 Å². The molecule has 0 saturated carbocycles. The summed E-state index contributed by atoms with van der Waals surface area (Å²) in [5.74, 6) is 0.234. The van der Waals surface area contributed by atoms with Crippen molar-refractivity contribution in [1.82, 2.24) is 10.2 Å². The maximum Gasteiger partial charge on any atom is 0.222 e. The Bertz CT molecular complexity index is 215. The molecular formula is C13H26N2O2. The summed E-state index contributed by atoms with van der Waals surface area (Å²) in [7, 11) is 3.57. The van der Waals surface area contributed by atoms with Crippen LogP contribution in [0.25, 0.3) is 0 Å². The molecular weight excluding hydrogens is 216 g/mol. The quantitative estimate of drug-likeness (QED) is 0.686. The third kappa shape index (κ3) is 6.03. The average molecular weight is 242 g/mol. The number of hydrogen-bond donors (Lipinski definition) is 1. The molecule has 1 saturated heterocycles. The molecule has 1 aliphatic rings. The van der Waals surface area contributed by atoms with E-state index >= 15 is 0 Å². The van der Waals surface area contributed by atoms with Gasteiger partial charge in [0.05, 0.1) is 0 Å². The highest BCUT2D eigenvalue weighted by Gasteiger charge is 2.14. The smallest absolute Gasteiger partial charge is 0.222 e. The third-order valence-electron chi connectivity index (χ3n) is 3.39. The number of hydrogen-bond acceptors (Lipinski definition) is 3. The molecule has 0 radical (unpaired) electrons. The van der Waals surface area contributed by atoms with Crippen LogP contribution in [-0.4, -0.2) is 50.7 Å². The fourth-order valence-electron chi connectivity index (χ4n) is 2.20. The lowest BCUT2D eigenvalue weighted by Gasteiger charge is -2.26. The maximum absolute atomic E-state index is 11.7. The molecule has 1 unspecified atom stereocenters. The largest absolute Gasteiger partial charge is 0.385 e. The van der Waals surface area contributed by atoms with E-state index in [1.54, 1.807) is 7.11 Å². The molecule has 0 aromatic carbocycles. The molecule has 1 aliphatic heterocycles. The molecule has 0 aliphatic carbocycles. The summed E-state index contributed by atoms with van der Waals surface area (Å²) >= 11 is 0. The van der Waals surface area contributed by atoms with Gasteiger partial charge in [-0.1, -0.05) is 6.42 Å². The van der Waals surface area contributed by atoms with E-state index in [4.69, 9.17) is 4.74 Å². The van der Waals surface area contributed by atoms with Crippen molar-refractivity contribution < 1.29 is 9.53 Å². The van der Waals surface area contributed by atoms with Crippen LogP contribution in [0.5, 0.6) is 0 Å². The number of amides is 1. The first-order chi connectivity index (χ1) is 8.24. The van der Waals surface area contributed by atoms with Crippen molar-refractivity contribution in [2.24, 2.45) is 0 Å². The van der Waals surface area contributed by atoms with Gasteiger partial charge in [-0.2, -0.15) is 0 Å². The van der Waals surface area contributed by atoms with Crippen LogP contribution in [0.15, 0.2) is 0 Å². The van der Waals surface area contributed by atoms with E-state index in [9.17, 15) is 4.79 Å². The zero-order valence-electron chi connectivity index (χ0n) is 11.2. The van der Waals surface area contributed by atoms with Crippen LogP contribution >= 0.6 is 0 Å². The first-order valence-electron chi connectivity index (χ1n) is 6.70. The Morgan fingerprint density at radius 3 is 2.94 bits per heavy atom. The molecule has 17 heavy (non-hydrogen) atoms. The Kier molecular flexibility index (Phi) is 7.21. The minimum absolute atomic E-state index is 0.234. The second-order valence-electron chi connectivity index (χ2n) is 4.85. The average Bonchev–Trinajstić information content (AvgIpc) is 2.37. The summed E-state index contributed by atoms with van der Waals surface area (Å²) in [4.78, 5) is 13.6. The number of methoxy groups -OCH3 is 1. The second-order valence-corrected chi connectivity index (χ2v) is 4.85. The fraction of sp³-hybridized carbons (Fsp3) is 0.923. The van der Waals surface area contributed by atoms with E-state index in [2.05, 4.69) is 5.32 Å². The minimum Gasteiger partial charge on any atom is -0.385 e. The normalized spacial score (nSPS) is 20.2. The van der Waals surface area contributed by atoms with Crippen LogP contribution in [-0.2, 0) is 9.53 Å². The Morgan fingerprint density at radius 1 is 1.47 bits per heavy atom. The van der Waals surface area contributed by atoms with Crippen LogP contribution in [0.1, 0.15) is 38.5 Å². The van der Waals surface area contributed by atoms with E-state index < -0.39 is 0 Å². The van der Waals surface area contributed by atoms with Gasteiger partial charge in [0.1, 0.15) is 0 Å². The SMILES string of the molecule is COCCCC(=O)N(C)CCC1CCCCN1. The molecule has 1 N–H and O–H groups in total. The van der Waals surface area contributed by atoms with Crippen LogP contribution in [0.3, 0.4) is 0 Å². The predicted molar refractivity (Wildman–Crippen MR) is 69.0 cm³/mol. The highest BCUT2D eigenvalue weighted by atomic mass is 16.5. The molecule has 1 amide bonds. The summed E-state index contributed by atoms with van der Waals surface area (Å²) in [5.41, 5.74) is 0.